The number of likely N-dealkylation sites (tertiary alicyclic amines) is 1. The van der Waals surface area contributed by atoms with Crippen LogP contribution in [-0.4, -0.2) is 50.1 Å². The summed E-state index contributed by atoms with van der Waals surface area (Å²) < 4.78 is 60.4. The zero-order valence-corrected chi connectivity index (χ0v) is 16.4. The third-order valence-electron chi connectivity index (χ3n) is 4.98. The van der Waals surface area contributed by atoms with Gasteiger partial charge in [-0.15, -0.1) is 4.40 Å². The molecule has 1 saturated heterocycles. The molecule has 2 heterocycles. The van der Waals surface area contributed by atoms with Gasteiger partial charge in [-0.3, -0.25) is 4.79 Å². The van der Waals surface area contributed by atoms with E-state index >= 15 is 0 Å². The van der Waals surface area contributed by atoms with Gasteiger partial charge in [0.15, 0.2) is 12.4 Å². The predicted octanol–water partition coefficient (Wildman–Crippen LogP) is 2.30. The summed E-state index contributed by atoms with van der Waals surface area (Å²) in [5.41, 5.74) is -0.110. The number of ether oxygens (including phenoxy) is 1. The van der Waals surface area contributed by atoms with Crippen LogP contribution in [0.15, 0.2) is 51.8 Å². The number of fused-ring (bicyclic) bond motifs is 1. The highest BCUT2D eigenvalue weighted by Gasteiger charge is 2.40. The Morgan fingerprint density at radius 3 is 2.73 bits per heavy atom. The molecule has 7 nitrogen and oxygen atoms in total. The lowest BCUT2D eigenvalue weighted by Crippen LogP contribution is -2.41. The van der Waals surface area contributed by atoms with Gasteiger partial charge in [0.1, 0.15) is 22.6 Å². The summed E-state index contributed by atoms with van der Waals surface area (Å²) in [7, 11) is -3.85. The number of carbonyl (C=O) groups excluding carboxylic acids is 2. The molecule has 2 aromatic rings. The average molecular weight is 434 g/mol. The van der Waals surface area contributed by atoms with Gasteiger partial charge in [0.05, 0.1) is 5.56 Å². The summed E-state index contributed by atoms with van der Waals surface area (Å²) >= 11 is 0. The third kappa shape index (κ3) is 3.58. The van der Waals surface area contributed by atoms with Crippen molar-refractivity contribution in [3.8, 4) is 0 Å². The summed E-state index contributed by atoms with van der Waals surface area (Å²) in [5, 5.41) is 0. The molecule has 0 aromatic heterocycles. The molecule has 1 atom stereocenters. The maximum absolute atomic E-state index is 13.7. The summed E-state index contributed by atoms with van der Waals surface area (Å²) in [6.07, 6.45) is 0.968. The van der Waals surface area contributed by atoms with Crippen molar-refractivity contribution in [1.29, 1.82) is 0 Å². The molecule has 0 aliphatic carbocycles. The van der Waals surface area contributed by atoms with Crippen molar-refractivity contribution in [3.63, 3.8) is 0 Å². The monoisotopic (exact) mass is 434 g/mol. The second kappa shape index (κ2) is 7.60. The number of carbonyl (C=O) groups is 2. The fourth-order valence-corrected chi connectivity index (χ4v) is 4.80. The lowest BCUT2D eigenvalue weighted by Gasteiger charge is -2.24. The van der Waals surface area contributed by atoms with Crippen LogP contribution in [0.4, 0.5) is 8.78 Å². The number of sulfonamides is 1. The van der Waals surface area contributed by atoms with Crippen molar-refractivity contribution in [1.82, 2.24) is 4.90 Å². The van der Waals surface area contributed by atoms with Gasteiger partial charge in [-0.05, 0) is 43.2 Å². The minimum absolute atomic E-state index is 0.0655. The molecule has 2 aliphatic heterocycles. The second-order valence-corrected chi connectivity index (χ2v) is 8.47. The van der Waals surface area contributed by atoms with Gasteiger partial charge < -0.3 is 9.64 Å². The number of halogens is 2. The van der Waals surface area contributed by atoms with Crippen LogP contribution in [0.3, 0.4) is 0 Å². The SMILES string of the molecule is O=C(COC(=O)[C@@H]1CCCN1C1=NS(=O)(=O)c2ccccc21)c1cc(F)ccc1F. The van der Waals surface area contributed by atoms with Crippen LogP contribution in [0, 0.1) is 11.6 Å². The van der Waals surface area contributed by atoms with E-state index in [1.165, 1.54) is 6.07 Å². The maximum Gasteiger partial charge on any atom is 0.329 e. The predicted molar refractivity (Wildman–Crippen MR) is 102 cm³/mol. The highest BCUT2D eigenvalue weighted by molar-refractivity contribution is 7.90. The first-order chi connectivity index (χ1) is 14.3. The fraction of sp³-hybridized carbons (Fsp3) is 0.250. The van der Waals surface area contributed by atoms with E-state index in [2.05, 4.69) is 4.40 Å². The van der Waals surface area contributed by atoms with Crippen LogP contribution in [0.25, 0.3) is 0 Å². The molecular weight excluding hydrogens is 418 g/mol. The molecule has 0 amide bonds. The summed E-state index contributed by atoms with van der Waals surface area (Å²) in [6.45, 7) is -0.375. The Morgan fingerprint density at radius 1 is 1.17 bits per heavy atom. The van der Waals surface area contributed by atoms with Crippen molar-refractivity contribution < 1.29 is 31.5 Å². The number of ketones is 1. The topological polar surface area (TPSA) is 93.1 Å². The minimum atomic E-state index is -3.85. The molecule has 0 radical (unpaired) electrons. The van der Waals surface area contributed by atoms with Crippen molar-refractivity contribution >= 4 is 27.6 Å². The van der Waals surface area contributed by atoms with E-state index in [0.717, 1.165) is 18.2 Å². The number of rotatable bonds is 4. The number of hydrogen-bond acceptors (Lipinski definition) is 6. The van der Waals surface area contributed by atoms with Gasteiger partial charge in [-0.25, -0.2) is 13.6 Å². The van der Waals surface area contributed by atoms with Gasteiger partial charge in [0.2, 0.25) is 5.78 Å². The van der Waals surface area contributed by atoms with E-state index in [1.807, 2.05) is 0 Å². The van der Waals surface area contributed by atoms with E-state index in [4.69, 9.17) is 4.74 Å². The molecule has 156 valence electrons. The van der Waals surface area contributed by atoms with E-state index < -0.39 is 51.6 Å². The number of hydrogen-bond donors (Lipinski definition) is 0. The maximum atomic E-state index is 13.7. The highest BCUT2D eigenvalue weighted by Crippen LogP contribution is 2.31. The molecule has 0 saturated carbocycles. The van der Waals surface area contributed by atoms with Crippen LogP contribution in [0.1, 0.15) is 28.8 Å². The van der Waals surface area contributed by atoms with Gasteiger partial charge in [-0.1, -0.05) is 12.1 Å². The zero-order valence-electron chi connectivity index (χ0n) is 15.5. The lowest BCUT2D eigenvalue weighted by molar-refractivity contribution is -0.146. The molecule has 2 aliphatic rings. The Labute approximate surface area is 171 Å². The van der Waals surface area contributed by atoms with E-state index in [0.29, 0.717) is 24.9 Å². The first kappa shape index (κ1) is 20.1. The number of nitrogens with zero attached hydrogens (tertiary/aromatic N) is 2. The molecule has 4 rings (SSSR count). The Kier molecular flexibility index (Phi) is 5.10. The van der Waals surface area contributed by atoms with Crippen LogP contribution in [0.2, 0.25) is 0 Å². The normalized spacial score (nSPS) is 19.3. The smallest absolute Gasteiger partial charge is 0.329 e. The molecule has 10 heteroatoms. The molecule has 0 unspecified atom stereocenters. The fourth-order valence-electron chi connectivity index (χ4n) is 3.58. The lowest BCUT2D eigenvalue weighted by atomic mass is 10.1. The van der Waals surface area contributed by atoms with E-state index in [1.54, 1.807) is 23.1 Å². The van der Waals surface area contributed by atoms with Crippen molar-refractivity contribution in [2.45, 2.75) is 23.8 Å². The van der Waals surface area contributed by atoms with Gasteiger partial charge in [0.25, 0.3) is 10.0 Å². The first-order valence-corrected chi connectivity index (χ1v) is 10.6. The van der Waals surface area contributed by atoms with Crippen molar-refractivity contribution in [3.05, 3.63) is 65.2 Å². The summed E-state index contributed by atoms with van der Waals surface area (Å²) in [6, 6.07) is 7.90. The third-order valence-corrected chi connectivity index (χ3v) is 6.31. The standard InChI is InChI=1S/C20H16F2N2O5S/c21-12-7-8-15(22)14(10-12)17(25)11-29-20(26)16-5-3-9-24(16)19-13-4-1-2-6-18(13)30(27,28)23-19/h1-2,4,6-8,10,16H,3,5,9,11H2/t16-/m0/s1. The Morgan fingerprint density at radius 2 is 1.93 bits per heavy atom. The molecule has 30 heavy (non-hydrogen) atoms. The molecule has 2 aromatic carbocycles. The molecule has 0 N–H and O–H groups in total. The largest absolute Gasteiger partial charge is 0.456 e. The number of Topliss-reactive ketones (excluding diaryl/α,β-unsaturated/α-hetero) is 1. The van der Waals surface area contributed by atoms with E-state index in [9.17, 15) is 26.8 Å². The molecular formula is C20H16F2N2O5S. The van der Waals surface area contributed by atoms with Crippen LogP contribution in [-0.2, 0) is 19.6 Å². The van der Waals surface area contributed by atoms with Gasteiger partial charge in [0, 0.05) is 12.1 Å². The number of esters is 1. The Hall–Kier alpha value is -3.14. The summed E-state index contributed by atoms with van der Waals surface area (Å²) in [4.78, 5) is 26.3. The Bertz CT molecular complexity index is 1180. The van der Waals surface area contributed by atoms with Crippen molar-refractivity contribution in [2.75, 3.05) is 13.2 Å². The molecule has 0 spiro atoms. The second-order valence-electron chi connectivity index (χ2n) is 6.89. The Balaban J connectivity index is 1.50. The summed E-state index contributed by atoms with van der Waals surface area (Å²) in [5.74, 6) is -3.18. The van der Waals surface area contributed by atoms with Crippen molar-refractivity contribution in [2.24, 2.45) is 4.40 Å². The minimum Gasteiger partial charge on any atom is -0.456 e. The van der Waals surface area contributed by atoms with Crippen LogP contribution in [0.5, 0.6) is 0 Å². The molecule has 0 bridgehead atoms. The highest BCUT2D eigenvalue weighted by atomic mass is 32.2. The molecule has 1 fully saturated rings. The van der Waals surface area contributed by atoms with Gasteiger partial charge >= 0.3 is 5.97 Å². The number of amidine groups is 1. The van der Waals surface area contributed by atoms with Gasteiger partial charge in [-0.2, -0.15) is 8.42 Å². The first-order valence-electron chi connectivity index (χ1n) is 9.14. The van der Waals surface area contributed by atoms with E-state index in [-0.39, 0.29) is 10.7 Å². The quantitative estimate of drug-likeness (QED) is 0.542. The average Bonchev–Trinajstić information content (AvgIpc) is 3.31. The van der Waals surface area contributed by atoms with Crippen LogP contribution < -0.4 is 0 Å². The zero-order chi connectivity index (χ0) is 21.5. The number of benzene rings is 2. The van der Waals surface area contributed by atoms with Crippen LogP contribution >= 0.6 is 0 Å².